The third kappa shape index (κ3) is 5.25. The van der Waals surface area contributed by atoms with Crippen molar-refractivity contribution in [2.45, 2.75) is 19.4 Å². The first-order chi connectivity index (χ1) is 9.56. The van der Waals surface area contributed by atoms with Gasteiger partial charge < -0.3 is 14.9 Å². The average molecular weight is 282 g/mol. The molecule has 1 aromatic carbocycles. The molecule has 0 fully saturated rings. The van der Waals surface area contributed by atoms with Gasteiger partial charge in [-0.05, 0) is 24.6 Å². The van der Waals surface area contributed by atoms with Crippen LogP contribution < -0.4 is 10.9 Å². The number of carbonyl (C=O) groups excluding carboxylic acids is 2. The van der Waals surface area contributed by atoms with Gasteiger partial charge in [-0.2, -0.15) is 0 Å². The number of amides is 1. The van der Waals surface area contributed by atoms with E-state index in [0.29, 0.717) is 0 Å². The summed E-state index contributed by atoms with van der Waals surface area (Å²) >= 11 is 0. The monoisotopic (exact) mass is 282 g/mol. The minimum Gasteiger partial charge on any atom is -0.508 e. The van der Waals surface area contributed by atoms with Gasteiger partial charge in [0, 0.05) is 6.42 Å². The minimum absolute atomic E-state index is 0.128. The lowest BCUT2D eigenvalue weighted by Gasteiger charge is -2.17. The number of hydrogen-bond acceptors (Lipinski definition) is 6. The van der Waals surface area contributed by atoms with Crippen LogP contribution in [0.1, 0.15) is 12.5 Å². The van der Waals surface area contributed by atoms with Gasteiger partial charge in [-0.1, -0.05) is 12.1 Å². The molecule has 0 aliphatic heterocycles. The highest BCUT2D eigenvalue weighted by molar-refractivity contribution is 5.79. The summed E-state index contributed by atoms with van der Waals surface area (Å²) < 4.78 is 4.90. The second kappa shape index (κ2) is 8.13. The van der Waals surface area contributed by atoms with Crippen LogP contribution in [0.5, 0.6) is 5.75 Å². The van der Waals surface area contributed by atoms with Crippen molar-refractivity contribution in [3.8, 4) is 5.75 Å². The Bertz CT molecular complexity index is 447. The normalized spacial score (nSPS) is 11.7. The predicted octanol–water partition coefficient (Wildman–Crippen LogP) is -0.521. The maximum absolute atomic E-state index is 11.8. The van der Waals surface area contributed by atoms with E-state index in [1.165, 1.54) is 12.1 Å². The average Bonchev–Trinajstić information content (AvgIpc) is 2.45. The fourth-order valence-electron chi connectivity index (χ4n) is 1.51. The molecule has 1 amide bonds. The Balaban J connectivity index is 2.68. The number of phenols is 1. The Morgan fingerprint density at radius 1 is 1.30 bits per heavy atom. The molecule has 0 aliphatic carbocycles. The molecule has 0 bridgehead atoms. The minimum atomic E-state index is -0.782. The molecule has 1 rings (SSSR count). The Hall–Kier alpha value is -2.12. The van der Waals surface area contributed by atoms with E-state index in [9.17, 15) is 14.7 Å². The summed E-state index contributed by atoms with van der Waals surface area (Å²) in [6.07, 6.45) is 0.269. The molecular weight excluding hydrogens is 264 g/mol. The van der Waals surface area contributed by atoms with E-state index in [0.717, 1.165) is 5.56 Å². The Morgan fingerprint density at radius 3 is 2.50 bits per heavy atom. The van der Waals surface area contributed by atoms with E-state index in [2.05, 4.69) is 10.9 Å². The molecule has 20 heavy (non-hydrogen) atoms. The molecule has 0 unspecified atom stereocenters. The van der Waals surface area contributed by atoms with Crippen LogP contribution in [0.2, 0.25) is 0 Å². The standard InChI is InChI=1S/C13H18N2O5/c1-2-20-13(19)11(14-15-12(18)8-16)7-9-3-5-10(17)6-4-9/h3-6,11,14,16-17H,2,7-8H2,1H3,(H,15,18)/t11-/m0/s1. The van der Waals surface area contributed by atoms with Crippen LogP contribution >= 0.6 is 0 Å². The van der Waals surface area contributed by atoms with Crippen molar-refractivity contribution in [2.24, 2.45) is 0 Å². The maximum Gasteiger partial charge on any atom is 0.325 e. The third-order valence-electron chi connectivity index (χ3n) is 2.48. The largest absolute Gasteiger partial charge is 0.508 e. The highest BCUT2D eigenvalue weighted by Crippen LogP contribution is 2.11. The van der Waals surface area contributed by atoms with Gasteiger partial charge in [0.05, 0.1) is 6.61 Å². The molecule has 0 aromatic heterocycles. The van der Waals surface area contributed by atoms with Crippen LogP contribution in [0.15, 0.2) is 24.3 Å². The Labute approximate surface area is 116 Å². The van der Waals surface area contributed by atoms with Crippen LogP contribution in [0.3, 0.4) is 0 Å². The third-order valence-corrected chi connectivity index (χ3v) is 2.48. The van der Waals surface area contributed by atoms with E-state index in [1.807, 2.05) is 0 Å². The maximum atomic E-state index is 11.8. The lowest BCUT2D eigenvalue weighted by molar-refractivity contribution is -0.146. The number of rotatable bonds is 7. The van der Waals surface area contributed by atoms with Gasteiger partial charge in [0.1, 0.15) is 18.4 Å². The zero-order valence-electron chi connectivity index (χ0n) is 11.1. The first-order valence-corrected chi connectivity index (χ1v) is 6.16. The van der Waals surface area contributed by atoms with Crippen molar-refractivity contribution in [1.82, 2.24) is 10.9 Å². The van der Waals surface area contributed by atoms with Gasteiger partial charge in [-0.25, -0.2) is 5.43 Å². The van der Waals surface area contributed by atoms with Gasteiger partial charge >= 0.3 is 5.97 Å². The number of carbonyl (C=O) groups is 2. The van der Waals surface area contributed by atoms with Crippen molar-refractivity contribution in [2.75, 3.05) is 13.2 Å². The number of aliphatic hydroxyl groups is 1. The molecule has 0 saturated carbocycles. The number of aromatic hydroxyl groups is 1. The van der Waals surface area contributed by atoms with E-state index in [1.54, 1.807) is 19.1 Å². The number of benzene rings is 1. The second-order valence-electron chi connectivity index (χ2n) is 4.03. The lowest BCUT2D eigenvalue weighted by atomic mass is 10.1. The van der Waals surface area contributed by atoms with Crippen molar-refractivity contribution >= 4 is 11.9 Å². The highest BCUT2D eigenvalue weighted by Gasteiger charge is 2.20. The van der Waals surface area contributed by atoms with Gasteiger partial charge in [-0.3, -0.25) is 15.0 Å². The summed E-state index contributed by atoms with van der Waals surface area (Å²) in [5.41, 5.74) is 5.52. The zero-order valence-corrected chi connectivity index (χ0v) is 11.1. The van der Waals surface area contributed by atoms with Crippen molar-refractivity contribution in [1.29, 1.82) is 0 Å². The van der Waals surface area contributed by atoms with E-state index < -0.39 is 24.5 Å². The first kappa shape index (κ1) is 15.9. The van der Waals surface area contributed by atoms with E-state index in [4.69, 9.17) is 9.84 Å². The Kier molecular flexibility index (Phi) is 6.48. The molecule has 0 spiro atoms. The number of hydrogen-bond donors (Lipinski definition) is 4. The molecule has 7 heteroatoms. The molecule has 7 nitrogen and oxygen atoms in total. The topological polar surface area (TPSA) is 108 Å². The fraction of sp³-hybridized carbons (Fsp3) is 0.385. The van der Waals surface area contributed by atoms with Crippen LogP contribution in [-0.4, -0.2) is 41.3 Å². The van der Waals surface area contributed by atoms with E-state index >= 15 is 0 Å². The summed E-state index contributed by atoms with van der Waals surface area (Å²) in [5, 5.41) is 17.8. The molecule has 0 heterocycles. The summed E-state index contributed by atoms with van der Waals surface area (Å²) in [5.74, 6) is -1.04. The molecule has 0 saturated heterocycles. The first-order valence-electron chi connectivity index (χ1n) is 6.16. The van der Waals surface area contributed by atoms with Gasteiger partial charge in [-0.15, -0.1) is 0 Å². The number of aliphatic hydroxyl groups excluding tert-OH is 1. The predicted molar refractivity (Wildman–Crippen MR) is 70.6 cm³/mol. The fourth-order valence-corrected chi connectivity index (χ4v) is 1.51. The van der Waals surface area contributed by atoms with Crippen LogP contribution in [0.25, 0.3) is 0 Å². The summed E-state index contributed by atoms with van der Waals surface area (Å²) in [6, 6.07) is 5.55. The van der Waals surface area contributed by atoms with Gasteiger partial charge in [0.25, 0.3) is 5.91 Å². The number of phenolic OH excluding ortho intramolecular Hbond substituents is 1. The van der Waals surface area contributed by atoms with Crippen LogP contribution in [0.4, 0.5) is 0 Å². The zero-order chi connectivity index (χ0) is 15.0. The van der Waals surface area contributed by atoms with Gasteiger partial charge in [0.15, 0.2) is 0 Å². The highest BCUT2D eigenvalue weighted by atomic mass is 16.5. The molecule has 4 N–H and O–H groups in total. The molecule has 1 aromatic rings. The summed E-state index contributed by atoms with van der Waals surface area (Å²) in [6.45, 7) is 1.23. The summed E-state index contributed by atoms with van der Waals surface area (Å²) in [7, 11) is 0. The quantitative estimate of drug-likeness (QED) is 0.396. The lowest BCUT2D eigenvalue weighted by Crippen LogP contribution is -2.50. The molecule has 0 radical (unpaired) electrons. The van der Waals surface area contributed by atoms with Crippen LogP contribution in [0, 0.1) is 0 Å². The number of hydrazine groups is 1. The number of ether oxygens (including phenoxy) is 1. The van der Waals surface area contributed by atoms with Crippen molar-refractivity contribution in [3.05, 3.63) is 29.8 Å². The van der Waals surface area contributed by atoms with Crippen molar-refractivity contribution in [3.63, 3.8) is 0 Å². The Morgan fingerprint density at radius 2 is 1.95 bits per heavy atom. The molecule has 0 aliphatic rings. The SMILES string of the molecule is CCOC(=O)[C@H](Cc1ccc(O)cc1)NNC(=O)CO. The smallest absolute Gasteiger partial charge is 0.325 e. The number of nitrogens with one attached hydrogen (secondary N) is 2. The van der Waals surface area contributed by atoms with Crippen molar-refractivity contribution < 1.29 is 24.5 Å². The van der Waals surface area contributed by atoms with E-state index in [-0.39, 0.29) is 18.8 Å². The van der Waals surface area contributed by atoms with Gasteiger partial charge in [0.2, 0.25) is 0 Å². The molecule has 1 atom stereocenters. The molecule has 110 valence electrons. The second-order valence-corrected chi connectivity index (χ2v) is 4.03. The number of esters is 1. The molecular formula is C13H18N2O5. The summed E-state index contributed by atoms with van der Waals surface area (Å²) in [4.78, 5) is 22.8. The van der Waals surface area contributed by atoms with Crippen LogP contribution in [-0.2, 0) is 20.7 Å².